The number of aryl methyl sites for hydroxylation is 6. The number of benzene rings is 2. The summed E-state index contributed by atoms with van der Waals surface area (Å²) in [5.41, 5.74) is 9.73. The number of rotatable bonds is 4. The molecule has 0 spiro atoms. The molecule has 0 fully saturated rings. The minimum Gasteiger partial charge on any atom is -0.457 e. The second-order valence-corrected chi connectivity index (χ2v) is 10.7. The van der Waals surface area contributed by atoms with Crippen LogP contribution in [-0.4, -0.2) is 0 Å². The van der Waals surface area contributed by atoms with Crippen LogP contribution >= 0.6 is 0 Å². The first-order valence-electron chi connectivity index (χ1n) is 11.9. The minimum atomic E-state index is -4.94. The van der Waals surface area contributed by atoms with Crippen LogP contribution in [0.5, 0.6) is 11.5 Å². The highest BCUT2D eigenvalue weighted by atomic mass is 35.7. The van der Waals surface area contributed by atoms with Crippen LogP contribution in [0.2, 0.25) is 0 Å². The van der Waals surface area contributed by atoms with Crippen LogP contribution in [0.3, 0.4) is 0 Å². The van der Waals surface area contributed by atoms with Gasteiger partial charge >= 0.3 is 0 Å². The van der Waals surface area contributed by atoms with E-state index >= 15 is 0 Å². The van der Waals surface area contributed by atoms with Crippen molar-refractivity contribution in [3.8, 4) is 22.9 Å². The van der Waals surface area contributed by atoms with Gasteiger partial charge in [-0.2, -0.15) is 9.13 Å². The Labute approximate surface area is 242 Å². The Morgan fingerprint density at radius 3 is 0.878 bits per heavy atom. The maximum Gasteiger partial charge on any atom is 0.211 e. The number of aromatic nitrogens is 2. The maximum absolute atomic E-state index is 8.49. The monoisotopic (exact) mass is 608 g/mol. The van der Waals surface area contributed by atoms with E-state index in [-0.39, 0.29) is 0 Å². The van der Waals surface area contributed by atoms with Crippen molar-refractivity contribution in [3.63, 3.8) is 0 Å². The number of hydrogen-bond acceptors (Lipinski definition) is 9. The van der Waals surface area contributed by atoms with Crippen molar-refractivity contribution in [3.05, 3.63) is 107 Å². The van der Waals surface area contributed by atoms with Gasteiger partial charge in [-0.15, -0.1) is 20.5 Å². The highest BCUT2D eigenvalue weighted by molar-refractivity contribution is 5.38. The second-order valence-electron chi connectivity index (χ2n) is 9.15. The van der Waals surface area contributed by atoms with E-state index in [2.05, 4.69) is 99.2 Å². The van der Waals surface area contributed by atoms with Crippen molar-refractivity contribution < 1.29 is 71.6 Å². The molecule has 2 aromatic carbocycles. The van der Waals surface area contributed by atoms with Gasteiger partial charge in [0.1, 0.15) is 11.5 Å². The Morgan fingerprint density at radius 2 is 0.659 bits per heavy atom. The van der Waals surface area contributed by atoms with E-state index in [1.165, 1.54) is 33.9 Å². The minimum absolute atomic E-state index is 0.829. The summed E-state index contributed by atoms with van der Waals surface area (Å²) in [6.07, 6.45) is 0. The van der Waals surface area contributed by atoms with Crippen molar-refractivity contribution in [1.82, 2.24) is 0 Å². The molecule has 0 atom stereocenters. The third-order valence-corrected chi connectivity index (χ3v) is 5.58. The molecule has 13 heteroatoms. The van der Waals surface area contributed by atoms with Gasteiger partial charge in [-0.3, -0.25) is 0 Å². The number of nitrogens with zero attached hydrogens (tertiary/aromatic N) is 2. The third-order valence-electron chi connectivity index (χ3n) is 5.58. The maximum atomic E-state index is 8.49. The van der Waals surface area contributed by atoms with Gasteiger partial charge in [-0.25, -0.2) is 37.3 Å². The summed E-state index contributed by atoms with van der Waals surface area (Å²) in [6, 6.07) is 25.3. The second kappa shape index (κ2) is 14.1. The van der Waals surface area contributed by atoms with Gasteiger partial charge in [-0.1, -0.05) is 0 Å². The lowest BCUT2D eigenvalue weighted by Gasteiger charge is -2.17. The molecular weight excluding hydrogens is 579 g/mol. The van der Waals surface area contributed by atoms with E-state index in [4.69, 9.17) is 42.0 Å². The predicted molar refractivity (Wildman–Crippen MR) is 124 cm³/mol. The van der Waals surface area contributed by atoms with Gasteiger partial charge in [0.15, 0.2) is 22.8 Å². The SMILES string of the molecule is Cc1cc(C)[n+](-c2ccc(Oc3ccc(-[n+]4c(C)cc(C)cc4C)cc3)cc2)c(C)c1.[O-][Cl+3]([O-])([O-])[O-].[O-][Cl+3]([O-])([O-])[O-]. The average Bonchev–Trinajstić information content (AvgIpc) is 2.78. The van der Waals surface area contributed by atoms with Crippen LogP contribution in [-0.2, 0) is 0 Å². The summed E-state index contributed by atoms with van der Waals surface area (Å²) in [7, 11) is -9.89. The summed E-state index contributed by atoms with van der Waals surface area (Å²) in [5.74, 6) is 1.66. The van der Waals surface area contributed by atoms with Gasteiger partial charge in [0.2, 0.25) is 11.4 Å². The van der Waals surface area contributed by atoms with Crippen molar-refractivity contribution in [1.29, 1.82) is 0 Å². The fourth-order valence-electron chi connectivity index (χ4n) is 4.49. The molecule has 0 aliphatic carbocycles. The fraction of sp³-hybridized carbons (Fsp3) is 0.214. The molecule has 0 bridgehead atoms. The Balaban J connectivity index is 0.000000507. The molecule has 0 aliphatic heterocycles. The Bertz CT molecular complexity index is 1280. The van der Waals surface area contributed by atoms with E-state index in [1.54, 1.807) is 0 Å². The molecule has 4 rings (SSSR count). The smallest absolute Gasteiger partial charge is 0.211 e. The molecule has 220 valence electrons. The fourth-order valence-corrected chi connectivity index (χ4v) is 4.49. The Hall–Kier alpha value is -3.20. The molecule has 2 aromatic heterocycles. The van der Waals surface area contributed by atoms with Gasteiger partial charge in [0.25, 0.3) is 0 Å². The number of pyridine rings is 2. The van der Waals surface area contributed by atoms with E-state index in [0.29, 0.717) is 0 Å². The molecule has 41 heavy (non-hydrogen) atoms. The van der Waals surface area contributed by atoms with Gasteiger partial charge in [0, 0.05) is 76.2 Å². The van der Waals surface area contributed by atoms with Crippen LogP contribution in [0.25, 0.3) is 11.4 Å². The van der Waals surface area contributed by atoms with E-state index in [1.807, 2.05) is 24.3 Å². The zero-order chi connectivity index (χ0) is 31.1. The summed E-state index contributed by atoms with van der Waals surface area (Å²) in [5, 5.41) is 0. The van der Waals surface area contributed by atoms with Crippen molar-refractivity contribution >= 4 is 0 Å². The predicted octanol–water partition coefficient (Wildman–Crippen LogP) is -3.63. The standard InChI is InChI=1S/C28H30N2O.2ClHO4/c1-19-15-21(3)29(22(4)16-19)25-7-11-27(12-8-25)31-28-13-9-26(10-14-28)30-23(5)17-20(2)18-24(30)6;2*2-1(3,4)5/h7-18H,1-6H3;2*(H,2,3,4,5)/q+2;;/p-2. The van der Waals surface area contributed by atoms with Gasteiger partial charge < -0.3 is 4.74 Å². The highest BCUT2D eigenvalue weighted by Gasteiger charge is 2.16. The first kappa shape index (κ1) is 34.0. The van der Waals surface area contributed by atoms with E-state index in [9.17, 15) is 0 Å². The zero-order valence-electron chi connectivity index (χ0n) is 23.3. The molecule has 0 amide bonds. The van der Waals surface area contributed by atoms with Crippen molar-refractivity contribution in [2.45, 2.75) is 41.5 Å². The van der Waals surface area contributed by atoms with E-state index in [0.717, 1.165) is 22.9 Å². The first-order chi connectivity index (χ1) is 18.8. The summed E-state index contributed by atoms with van der Waals surface area (Å²) in [6.45, 7) is 12.8. The zero-order valence-corrected chi connectivity index (χ0v) is 24.8. The molecule has 0 unspecified atom stereocenters. The molecule has 0 saturated heterocycles. The highest BCUT2D eigenvalue weighted by Crippen LogP contribution is 2.23. The van der Waals surface area contributed by atoms with Gasteiger partial charge in [0.05, 0.1) is 0 Å². The molecule has 0 saturated carbocycles. The summed E-state index contributed by atoms with van der Waals surface area (Å²) < 4.78 is 78.6. The van der Waals surface area contributed by atoms with Gasteiger partial charge in [-0.05, 0) is 49.2 Å². The van der Waals surface area contributed by atoms with E-state index < -0.39 is 20.5 Å². The number of ether oxygens (including phenoxy) is 1. The molecular formula is C28H30Cl2N2O9. The first-order valence-corrected chi connectivity index (χ1v) is 14.4. The topological polar surface area (TPSA) is 201 Å². The van der Waals surface area contributed by atoms with Crippen LogP contribution in [0.1, 0.15) is 33.9 Å². The molecule has 2 heterocycles. The molecule has 0 aliphatic rings. The Kier molecular flexibility index (Phi) is 11.7. The number of halogens is 2. The quantitative estimate of drug-likeness (QED) is 0.209. The normalized spacial score (nSPS) is 11.2. The van der Waals surface area contributed by atoms with Crippen LogP contribution in [0, 0.1) is 62.0 Å². The Morgan fingerprint density at radius 1 is 0.439 bits per heavy atom. The lowest BCUT2D eigenvalue weighted by Crippen LogP contribution is -2.68. The molecule has 11 nitrogen and oxygen atoms in total. The molecule has 0 radical (unpaired) electrons. The number of hydrogen-bond donors (Lipinski definition) is 0. The molecule has 4 aromatic rings. The van der Waals surface area contributed by atoms with Crippen molar-refractivity contribution in [2.24, 2.45) is 0 Å². The summed E-state index contributed by atoms with van der Waals surface area (Å²) >= 11 is 0. The largest absolute Gasteiger partial charge is 0.457 e. The molecule has 0 N–H and O–H groups in total. The summed E-state index contributed by atoms with van der Waals surface area (Å²) in [4.78, 5) is 0. The lowest BCUT2D eigenvalue weighted by atomic mass is 10.2. The van der Waals surface area contributed by atoms with Crippen LogP contribution in [0.15, 0.2) is 72.8 Å². The van der Waals surface area contributed by atoms with Crippen molar-refractivity contribution in [2.75, 3.05) is 0 Å². The lowest BCUT2D eigenvalue weighted by molar-refractivity contribution is -2.00. The van der Waals surface area contributed by atoms with Crippen LogP contribution in [0.4, 0.5) is 0 Å². The van der Waals surface area contributed by atoms with Crippen LogP contribution < -0.4 is 51.1 Å². The average molecular weight is 609 g/mol. The third kappa shape index (κ3) is 12.1.